The van der Waals surface area contributed by atoms with E-state index in [4.69, 9.17) is 4.74 Å². The lowest BCUT2D eigenvalue weighted by Gasteiger charge is -2.03. The van der Waals surface area contributed by atoms with Crippen molar-refractivity contribution in [2.75, 3.05) is 6.61 Å². The van der Waals surface area contributed by atoms with Crippen LogP contribution in [0.3, 0.4) is 0 Å². The topological polar surface area (TPSA) is 21.6 Å². The van der Waals surface area contributed by atoms with Crippen molar-refractivity contribution >= 4 is 5.90 Å². The SMILES string of the molecule is CCCCCCCCCCCCC1=NC(CC)CO1. The van der Waals surface area contributed by atoms with Crippen LogP contribution >= 0.6 is 0 Å². The Labute approximate surface area is 120 Å². The van der Waals surface area contributed by atoms with Crippen LogP contribution < -0.4 is 0 Å². The average molecular weight is 267 g/mol. The molecular formula is C17H33NO. The summed E-state index contributed by atoms with van der Waals surface area (Å²) in [6.45, 7) is 5.28. The highest BCUT2D eigenvalue weighted by atomic mass is 16.5. The summed E-state index contributed by atoms with van der Waals surface area (Å²) in [6, 6.07) is 0.443. The van der Waals surface area contributed by atoms with Gasteiger partial charge in [0.2, 0.25) is 0 Å². The molecule has 2 heteroatoms. The van der Waals surface area contributed by atoms with Gasteiger partial charge in [-0.15, -0.1) is 0 Å². The summed E-state index contributed by atoms with van der Waals surface area (Å²) in [5, 5.41) is 0. The molecule has 0 spiro atoms. The maximum atomic E-state index is 5.59. The van der Waals surface area contributed by atoms with Crippen LogP contribution in [0.25, 0.3) is 0 Å². The number of unbranched alkanes of at least 4 members (excludes halogenated alkanes) is 9. The maximum Gasteiger partial charge on any atom is 0.183 e. The molecular weight excluding hydrogens is 234 g/mol. The smallest absolute Gasteiger partial charge is 0.183 e. The van der Waals surface area contributed by atoms with Crippen molar-refractivity contribution in [1.82, 2.24) is 0 Å². The molecule has 1 atom stereocenters. The van der Waals surface area contributed by atoms with E-state index in [1.54, 1.807) is 0 Å². The Morgan fingerprint density at radius 1 is 0.895 bits per heavy atom. The summed E-state index contributed by atoms with van der Waals surface area (Å²) < 4.78 is 5.59. The first-order valence-electron chi connectivity index (χ1n) is 8.56. The molecule has 0 fully saturated rings. The quantitative estimate of drug-likeness (QED) is 0.427. The molecule has 1 heterocycles. The molecule has 112 valence electrons. The van der Waals surface area contributed by atoms with Crippen molar-refractivity contribution in [3.05, 3.63) is 0 Å². The normalized spacial score (nSPS) is 18.4. The molecule has 0 aromatic carbocycles. The van der Waals surface area contributed by atoms with Gasteiger partial charge in [-0.05, 0) is 12.8 Å². The molecule has 1 unspecified atom stereocenters. The number of hydrogen-bond acceptors (Lipinski definition) is 2. The molecule has 2 nitrogen and oxygen atoms in total. The Kier molecular flexibility index (Phi) is 9.84. The van der Waals surface area contributed by atoms with Gasteiger partial charge < -0.3 is 4.74 Å². The van der Waals surface area contributed by atoms with E-state index in [1.165, 1.54) is 64.2 Å². The Bertz CT molecular complexity index is 237. The van der Waals surface area contributed by atoms with E-state index in [9.17, 15) is 0 Å². The number of aliphatic imine (C=N–C) groups is 1. The first-order chi connectivity index (χ1) is 9.36. The van der Waals surface area contributed by atoms with E-state index in [-0.39, 0.29) is 0 Å². The van der Waals surface area contributed by atoms with Crippen LogP contribution in [0.2, 0.25) is 0 Å². The summed E-state index contributed by atoms with van der Waals surface area (Å²) in [5.41, 5.74) is 0. The lowest BCUT2D eigenvalue weighted by atomic mass is 10.1. The van der Waals surface area contributed by atoms with Gasteiger partial charge in [0, 0.05) is 6.42 Å². The monoisotopic (exact) mass is 267 g/mol. The van der Waals surface area contributed by atoms with Gasteiger partial charge in [0.25, 0.3) is 0 Å². The second-order valence-electron chi connectivity index (χ2n) is 5.83. The van der Waals surface area contributed by atoms with E-state index in [0.717, 1.165) is 25.3 Å². The minimum Gasteiger partial charge on any atom is -0.479 e. The molecule has 0 amide bonds. The third-order valence-corrected chi connectivity index (χ3v) is 3.98. The van der Waals surface area contributed by atoms with Crippen molar-refractivity contribution < 1.29 is 4.74 Å². The van der Waals surface area contributed by atoms with Crippen LogP contribution in [0.1, 0.15) is 90.9 Å². The standard InChI is InChI=1S/C17H33NO/c1-3-5-6-7-8-9-10-11-12-13-14-17-18-16(4-2)15-19-17/h16H,3-15H2,1-2H3. The lowest BCUT2D eigenvalue weighted by Crippen LogP contribution is -2.03. The van der Waals surface area contributed by atoms with Gasteiger partial charge in [-0.25, -0.2) is 4.99 Å². The van der Waals surface area contributed by atoms with E-state index in [0.29, 0.717) is 6.04 Å². The van der Waals surface area contributed by atoms with Gasteiger partial charge >= 0.3 is 0 Å². The number of rotatable bonds is 12. The summed E-state index contributed by atoms with van der Waals surface area (Å²) in [5.74, 6) is 1.02. The summed E-state index contributed by atoms with van der Waals surface area (Å²) >= 11 is 0. The largest absolute Gasteiger partial charge is 0.479 e. The van der Waals surface area contributed by atoms with E-state index in [2.05, 4.69) is 18.8 Å². The third-order valence-electron chi connectivity index (χ3n) is 3.98. The van der Waals surface area contributed by atoms with Crippen LogP contribution in [0.4, 0.5) is 0 Å². The van der Waals surface area contributed by atoms with E-state index in [1.807, 2.05) is 0 Å². The minimum atomic E-state index is 0.443. The highest BCUT2D eigenvalue weighted by Gasteiger charge is 2.15. The van der Waals surface area contributed by atoms with Crippen LogP contribution in [0, 0.1) is 0 Å². The number of ether oxygens (including phenoxy) is 1. The summed E-state index contributed by atoms with van der Waals surface area (Å²) in [7, 11) is 0. The fraction of sp³-hybridized carbons (Fsp3) is 0.941. The van der Waals surface area contributed by atoms with Crippen LogP contribution in [-0.4, -0.2) is 18.5 Å². The Hall–Kier alpha value is -0.530. The molecule has 1 aliphatic rings. The average Bonchev–Trinajstić information content (AvgIpc) is 2.89. The molecule has 1 rings (SSSR count). The first kappa shape index (κ1) is 16.5. The molecule has 0 N–H and O–H groups in total. The van der Waals surface area contributed by atoms with E-state index < -0.39 is 0 Å². The maximum absolute atomic E-state index is 5.59. The summed E-state index contributed by atoms with van der Waals surface area (Å²) in [6.07, 6.45) is 16.1. The van der Waals surface area contributed by atoms with Crippen LogP contribution in [0.5, 0.6) is 0 Å². The Morgan fingerprint density at radius 2 is 1.47 bits per heavy atom. The Morgan fingerprint density at radius 3 is 2.00 bits per heavy atom. The van der Waals surface area contributed by atoms with Gasteiger partial charge in [-0.2, -0.15) is 0 Å². The van der Waals surface area contributed by atoms with E-state index >= 15 is 0 Å². The second kappa shape index (κ2) is 11.3. The van der Waals surface area contributed by atoms with Crippen molar-refractivity contribution in [3.63, 3.8) is 0 Å². The molecule has 0 radical (unpaired) electrons. The van der Waals surface area contributed by atoms with Crippen LogP contribution in [0.15, 0.2) is 4.99 Å². The zero-order chi connectivity index (χ0) is 13.8. The molecule has 0 aliphatic carbocycles. The molecule has 1 aliphatic heterocycles. The lowest BCUT2D eigenvalue weighted by molar-refractivity contribution is 0.306. The predicted molar refractivity (Wildman–Crippen MR) is 83.9 cm³/mol. The fourth-order valence-corrected chi connectivity index (χ4v) is 2.58. The molecule has 0 saturated heterocycles. The zero-order valence-corrected chi connectivity index (χ0v) is 13.1. The second-order valence-corrected chi connectivity index (χ2v) is 5.83. The van der Waals surface area contributed by atoms with Crippen molar-refractivity contribution in [2.24, 2.45) is 4.99 Å². The summed E-state index contributed by atoms with van der Waals surface area (Å²) in [4.78, 5) is 4.58. The van der Waals surface area contributed by atoms with Gasteiger partial charge in [0.15, 0.2) is 5.90 Å². The molecule has 0 bridgehead atoms. The highest BCUT2D eigenvalue weighted by molar-refractivity contribution is 5.77. The van der Waals surface area contributed by atoms with Crippen molar-refractivity contribution in [2.45, 2.75) is 96.9 Å². The predicted octanol–water partition coefficient (Wildman–Crippen LogP) is 5.50. The Balaban J connectivity index is 1.81. The molecule has 0 aromatic rings. The molecule has 0 saturated carbocycles. The van der Waals surface area contributed by atoms with Gasteiger partial charge in [0.05, 0.1) is 6.04 Å². The first-order valence-corrected chi connectivity index (χ1v) is 8.56. The number of hydrogen-bond donors (Lipinski definition) is 0. The van der Waals surface area contributed by atoms with Crippen molar-refractivity contribution in [3.8, 4) is 0 Å². The highest BCUT2D eigenvalue weighted by Crippen LogP contribution is 2.14. The zero-order valence-electron chi connectivity index (χ0n) is 13.1. The molecule has 19 heavy (non-hydrogen) atoms. The minimum absolute atomic E-state index is 0.443. The van der Waals surface area contributed by atoms with Crippen molar-refractivity contribution in [1.29, 1.82) is 0 Å². The molecule has 0 aromatic heterocycles. The third kappa shape index (κ3) is 8.28. The fourth-order valence-electron chi connectivity index (χ4n) is 2.58. The van der Waals surface area contributed by atoms with Gasteiger partial charge in [0.1, 0.15) is 6.61 Å². The number of nitrogens with zero attached hydrogens (tertiary/aromatic N) is 1. The van der Waals surface area contributed by atoms with Crippen LogP contribution in [-0.2, 0) is 4.74 Å². The van der Waals surface area contributed by atoms with Gasteiger partial charge in [-0.1, -0.05) is 71.6 Å². The van der Waals surface area contributed by atoms with Gasteiger partial charge in [-0.3, -0.25) is 0 Å².